The fourth-order valence-corrected chi connectivity index (χ4v) is 5.56. The molecule has 1 aromatic carbocycles. The van der Waals surface area contributed by atoms with E-state index in [1.54, 1.807) is 29.1 Å². The summed E-state index contributed by atoms with van der Waals surface area (Å²) in [5.74, 6) is -0.410. The van der Waals surface area contributed by atoms with Crippen LogP contribution in [-0.4, -0.2) is 38.1 Å². The summed E-state index contributed by atoms with van der Waals surface area (Å²) in [6, 6.07) is 18.2. The lowest BCUT2D eigenvalue weighted by Gasteiger charge is -2.31. The fraction of sp³-hybridized carbons (Fsp3) is 0.346. The largest absolute Gasteiger partial charge is 0.396 e. The number of aliphatic hydroxyl groups is 1. The minimum Gasteiger partial charge on any atom is -0.396 e. The van der Waals surface area contributed by atoms with Crippen LogP contribution in [0.1, 0.15) is 35.8 Å². The van der Waals surface area contributed by atoms with E-state index >= 15 is 0 Å². The van der Waals surface area contributed by atoms with Crippen LogP contribution in [0.2, 0.25) is 0 Å². The second-order valence-corrected chi connectivity index (χ2v) is 8.97. The first-order valence-corrected chi connectivity index (χ1v) is 11.4. The Hall–Kier alpha value is -3.29. The van der Waals surface area contributed by atoms with Crippen LogP contribution in [0.25, 0.3) is 0 Å². The van der Waals surface area contributed by atoms with Crippen molar-refractivity contribution in [2.75, 3.05) is 6.61 Å². The van der Waals surface area contributed by atoms with Crippen molar-refractivity contribution in [3.8, 4) is 0 Å². The van der Waals surface area contributed by atoms with E-state index in [0.717, 1.165) is 16.8 Å². The maximum absolute atomic E-state index is 13.7. The molecule has 0 radical (unpaired) electrons. The van der Waals surface area contributed by atoms with Crippen LogP contribution < -0.4 is 10.9 Å². The first-order valence-electron chi connectivity index (χ1n) is 11.4. The van der Waals surface area contributed by atoms with Gasteiger partial charge in [-0.05, 0) is 30.2 Å². The monoisotopic (exact) mass is 444 g/mol. The first-order chi connectivity index (χ1) is 16.1. The van der Waals surface area contributed by atoms with Gasteiger partial charge in [0.25, 0.3) is 5.56 Å². The Bertz CT molecular complexity index is 1180. The molecule has 0 aliphatic carbocycles. The topological polar surface area (TPSA) is 87.5 Å². The molecule has 4 heterocycles. The number of aliphatic hydroxyl groups excluding tert-OH is 1. The highest BCUT2D eigenvalue weighted by atomic mass is 16.3. The van der Waals surface area contributed by atoms with E-state index in [4.69, 9.17) is 0 Å². The molecule has 0 bridgehead atoms. The third-order valence-corrected chi connectivity index (χ3v) is 7.08. The molecule has 0 saturated carbocycles. The van der Waals surface area contributed by atoms with Gasteiger partial charge in [-0.25, -0.2) is 0 Å². The van der Waals surface area contributed by atoms with Crippen LogP contribution in [0.15, 0.2) is 77.9 Å². The Morgan fingerprint density at radius 1 is 1.15 bits per heavy atom. The number of likely N-dealkylation sites (tertiary alicyclic amines) is 1. The lowest BCUT2D eigenvalue weighted by atomic mass is 9.88. The van der Waals surface area contributed by atoms with Crippen molar-refractivity contribution >= 4 is 5.91 Å². The summed E-state index contributed by atoms with van der Waals surface area (Å²) in [6.07, 6.45) is 3.53. The standard InChI is InChI=1S/C26H28N4O3/c1-17(19-8-3-2-4-9-19)28-26(33)25-21(16-31)20-15-29-22(10-5-11-23(29)32)24(20)30(25)14-18-7-6-12-27-13-18/h2-13,17,20-21,24-25,31H,14-16H2,1H3,(H,28,33)/t17-,20+,21+,24-,25+/m1/s1. The predicted molar refractivity (Wildman–Crippen MR) is 124 cm³/mol. The lowest BCUT2D eigenvalue weighted by Crippen LogP contribution is -2.48. The highest BCUT2D eigenvalue weighted by Gasteiger charge is 2.55. The average Bonchev–Trinajstić information content (AvgIpc) is 3.36. The highest BCUT2D eigenvalue weighted by Crippen LogP contribution is 2.49. The van der Waals surface area contributed by atoms with Crippen LogP contribution in [0.4, 0.5) is 0 Å². The van der Waals surface area contributed by atoms with Crippen molar-refractivity contribution in [3.63, 3.8) is 0 Å². The molecule has 2 aliphatic heterocycles. The third kappa shape index (κ3) is 3.87. The molecular formula is C26H28N4O3. The highest BCUT2D eigenvalue weighted by molar-refractivity contribution is 5.83. The van der Waals surface area contributed by atoms with E-state index in [2.05, 4.69) is 15.2 Å². The summed E-state index contributed by atoms with van der Waals surface area (Å²) in [7, 11) is 0. The number of hydrogen-bond acceptors (Lipinski definition) is 5. The van der Waals surface area contributed by atoms with Gasteiger partial charge in [0.05, 0.1) is 18.1 Å². The van der Waals surface area contributed by atoms with Crippen LogP contribution >= 0.6 is 0 Å². The normalized spacial score (nSPS) is 24.8. The van der Waals surface area contributed by atoms with Gasteiger partial charge in [-0.2, -0.15) is 0 Å². The zero-order valence-electron chi connectivity index (χ0n) is 18.5. The number of rotatable bonds is 6. The fourth-order valence-electron chi connectivity index (χ4n) is 5.56. The Balaban J connectivity index is 1.51. The van der Waals surface area contributed by atoms with Gasteiger partial charge in [-0.1, -0.05) is 42.5 Å². The number of aromatic nitrogens is 2. The van der Waals surface area contributed by atoms with Gasteiger partial charge in [-0.15, -0.1) is 0 Å². The molecule has 5 atom stereocenters. The van der Waals surface area contributed by atoms with Crippen molar-refractivity contribution in [1.82, 2.24) is 19.8 Å². The van der Waals surface area contributed by atoms with Gasteiger partial charge >= 0.3 is 0 Å². The SMILES string of the molecule is C[C@@H](NC(=O)[C@@H]1[C@@H](CO)[C@@H]2Cn3c(cccc3=O)[C@@H]2N1Cc1cccnc1)c1ccccc1. The average molecular weight is 445 g/mol. The second kappa shape index (κ2) is 8.92. The van der Waals surface area contributed by atoms with Gasteiger partial charge in [0.15, 0.2) is 0 Å². The molecular weight excluding hydrogens is 416 g/mol. The molecule has 1 saturated heterocycles. The third-order valence-electron chi connectivity index (χ3n) is 7.08. The van der Waals surface area contributed by atoms with E-state index in [-0.39, 0.29) is 42.0 Å². The molecule has 5 rings (SSSR count). The van der Waals surface area contributed by atoms with Gasteiger partial charge in [0.1, 0.15) is 0 Å². The molecule has 2 aromatic heterocycles. The second-order valence-electron chi connectivity index (χ2n) is 8.97. The summed E-state index contributed by atoms with van der Waals surface area (Å²) in [4.78, 5) is 32.6. The minimum absolute atomic E-state index is 0.0236. The number of nitrogens with one attached hydrogen (secondary N) is 1. The zero-order valence-corrected chi connectivity index (χ0v) is 18.5. The maximum Gasteiger partial charge on any atom is 0.250 e. The van der Waals surface area contributed by atoms with Gasteiger partial charge in [-0.3, -0.25) is 19.5 Å². The van der Waals surface area contributed by atoms with Crippen molar-refractivity contribution in [3.05, 3.63) is 100 Å². The molecule has 0 spiro atoms. The Kier molecular flexibility index (Phi) is 5.83. The minimum atomic E-state index is -0.513. The number of carbonyl (C=O) groups is 1. The number of amides is 1. The summed E-state index contributed by atoms with van der Waals surface area (Å²) in [6.45, 7) is 2.86. The van der Waals surface area contributed by atoms with Crippen LogP contribution in [-0.2, 0) is 17.9 Å². The van der Waals surface area contributed by atoms with E-state index in [0.29, 0.717) is 13.1 Å². The summed E-state index contributed by atoms with van der Waals surface area (Å²) in [5, 5.41) is 13.6. The molecule has 0 unspecified atom stereocenters. The van der Waals surface area contributed by atoms with Crippen molar-refractivity contribution in [2.45, 2.75) is 38.1 Å². The Labute approximate surface area is 192 Å². The first kappa shape index (κ1) is 21.6. The number of pyridine rings is 2. The van der Waals surface area contributed by atoms with Gasteiger partial charge in [0.2, 0.25) is 5.91 Å². The smallest absolute Gasteiger partial charge is 0.250 e. The quantitative estimate of drug-likeness (QED) is 0.609. The van der Waals surface area contributed by atoms with Gasteiger partial charge in [0, 0.05) is 55.7 Å². The van der Waals surface area contributed by atoms with E-state index in [1.165, 1.54) is 0 Å². The summed E-state index contributed by atoms with van der Waals surface area (Å²) >= 11 is 0. The van der Waals surface area contributed by atoms with Crippen LogP contribution in [0, 0.1) is 11.8 Å². The number of nitrogens with zero attached hydrogens (tertiary/aromatic N) is 3. The molecule has 170 valence electrons. The summed E-state index contributed by atoms with van der Waals surface area (Å²) in [5.41, 5.74) is 2.88. The lowest BCUT2D eigenvalue weighted by molar-refractivity contribution is -0.128. The zero-order chi connectivity index (χ0) is 22.9. The number of fused-ring (bicyclic) bond motifs is 3. The molecule has 1 amide bonds. The van der Waals surface area contributed by atoms with E-state index < -0.39 is 6.04 Å². The van der Waals surface area contributed by atoms with Crippen molar-refractivity contribution < 1.29 is 9.90 Å². The molecule has 2 aliphatic rings. The van der Waals surface area contributed by atoms with Crippen molar-refractivity contribution in [1.29, 1.82) is 0 Å². The van der Waals surface area contributed by atoms with E-state index in [9.17, 15) is 14.7 Å². The van der Waals surface area contributed by atoms with Crippen molar-refractivity contribution in [2.24, 2.45) is 11.8 Å². The van der Waals surface area contributed by atoms with Gasteiger partial charge < -0.3 is 15.0 Å². The molecule has 3 aromatic rings. The Morgan fingerprint density at radius 3 is 2.70 bits per heavy atom. The molecule has 2 N–H and O–H groups in total. The molecule has 1 fully saturated rings. The molecule has 7 heteroatoms. The number of benzene rings is 1. The summed E-state index contributed by atoms with van der Waals surface area (Å²) < 4.78 is 1.79. The number of carbonyl (C=O) groups excluding carboxylic acids is 1. The Morgan fingerprint density at radius 2 is 1.97 bits per heavy atom. The maximum atomic E-state index is 13.7. The van der Waals surface area contributed by atoms with Crippen LogP contribution in [0.3, 0.4) is 0 Å². The molecule has 7 nitrogen and oxygen atoms in total. The predicted octanol–water partition coefficient (Wildman–Crippen LogP) is 2.28. The van der Waals surface area contributed by atoms with Crippen LogP contribution in [0.5, 0.6) is 0 Å². The van der Waals surface area contributed by atoms with E-state index in [1.807, 2.05) is 55.5 Å². The number of hydrogen-bond donors (Lipinski definition) is 2. The molecule has 33 heavy (non-hydrogen) atoms.